The van der Waals surface area contributed by atoms with Gasteiger partial charge in [0.2, 0.25) is 0 Å². The van der Waals surface area contributed by atoms with Crippen molar-refractivity contribution in [3.63, 3.8) is 0 Å². The molecule has 1 saturated heterocycles. The minimum absolute atomic E-state index is 0.367. The smallest absolute Gasteiger partial charge is 0.131 e. The first-order chi connectivity index (χ1) is 8.65. The van der Waals surface area contributed by atoms with Gasteiger partial charge in [0.15, 0.2) is 0 Å². The van der Waals surface area contributed by atoms with Gasteiger partial charge in [-0.3, -0.25) is 9.69 Å². The molecule has 1 aliphatic carbocycles. The van der Waals surface area contributed by atoms with Crippen LogP contribution in [0.4, 0.5) is 0 Å². The molecule has 2 fully saturated rings. The van der Waals surface area contributed by atoms with Crippen LogP contribution in [-0.4, -0.2) is 29.8 Å². The van der Waals surface area contributed by atoms with Crippen molar-refractivity contribution < 1.29 is 4.79 Å². The first-order valence-electron chi connectivity index (χ1n) is 7.89. The van der Waals surface area contributed by atoms with Crippen molar-refractivity contribution >= 4 is 5.78 Å². The normalized spacial score (nSPS) is 27.8. The summed E-state index contributed by atoms with van der Waals surface area (Å²) < 4.78 is 0. The van der Waals surface area contributed by atoms with Crippen molar-refractivity contribution in [1.29, 1.82) is 0 Å². The minimum Gasteiger partial charge on any atom is -0.300 e. The molecular weight excluding hydrogens is 222 g/mol. The summed E-state index contributed by atoms with van der Waals surface area (Å²) in [6, 6.07) is 0.536. The van der Waals surface area contributed by atoms with Crippen molar-refractivity contribution in [1.82, 2.24) is 4.90 Å². The molecular formula is C16H29NO. The van der Waals surface area contributed by atoms with Gasteiger partial charge in [0, 0.05) is 19.0 Å². The SMILES string of the molecule is CCCCN1CC2(CCCC1CC(C)=O)CCC2. The average molecular weight is 251 g/mol. The van der Waals surface area contributed by atoms with E-state index in [4.69, 9.17) is 0 Å². The van der Waals surface area contributed by atoms with Crippen molar-refractivity contribution in [2.24, 2.45) is 5.41 Å². The molecule has 1 aliphatic heterocycles. The van der Waals surface area contributed by atoms with Crippen molar-refractivity contribution in [2.75, 3.05) is 13.1 Å². The molecule has 2 aliphatic rings. The standard InChI is InChI=1S/C16H29NO/c1-3-4-11-17-13-16(9-6-10-16)8-5-7-15(17)12-14(2)18/h15H,3-13H2,1-2H3. The molecule has 0 radical (unpaired) electrons. The zero-order chi connectivity index (χ0) is 13.0. The maximum atomic E-state index is 11.5. The Balaban J connectivity index is 2.00. The Morgan fingerprint density at radius 3 is 2.56 bits per heavy atom. The molecule has 104 valence electrons. The van der Waals surface area contributed by atoms with Crippen LogP contribution in [0.2, 0.25) is 0 Å². The zero-order valence-corrected chi connectivity index (χ0v) is 12.2. The van der Waals surface area contributed by atoms with E-state index >= 15 is 0 Å². The first-order valence-corrected chi connectivity index (χ1v) is 7.89. The first kappa shape index (κ1) is 14.0. The van der Waals surface area contributed by atoms with Gasteiger partial charge in [0.1, 0.15) is 5.78 Å². The molecule has 2 nitrogen and oxygen atoms in total. The van der Waals surface area contributed by atoms with Crippen LogP contribution >= 0.6 is 0 Å². The van der Waals surface area contributed by atoms with E-state index in [1.807, 2.05) is 0 Å². The van der Waals surface area contributed by atoms with E-state index in [9.17, 15) is 4.79 Å². The number of carbonyl (C=O) groups is 1. The lowest BCUT2D eigenvalue weighted by molar-refractivity contribution is -0.118. The van der Waals surface area contributed by atoms with Gasteiger partial charge in [-0.05, 0) is 51.0 Å². The molecule has 1 saturated carbocycles. The number of carbonyl (C=O) groups excluding carboxylic acids is 1. The number of hydrogen-bond acceptors (Lipinski definition) is 2. The van der Waals surface area contributed by atoms with Crippen LogP contribution in [0.5, 0.6) is 0 Å². The lowest BCUT2D eigenvalue weighted by Gasteiger charge is -2.45. The highest BCUT2D eigenvalue weighted by atomic mass is 16.1. The Morgan fingerprint density at radius 1 is 1.28 bits per heavy atom. The quantitative estimate of drug-likeness (QED) is 0.741. The fourth-order valence-corrected chi connectivity index (χ4v) is 3.80. The lowest BCUT2D eigenvalue weighted by Crippen LogP contribution is -2.45. The summed E-state index contributed by atoms with van der Waals surface area (Å²) in [5.74, 6) is 0.367. The molecule has 0 aromatic rings. The molecule has 0 bridgehead atoms. The summed E-state index contributed by atoms with van der Waals surface area (Å²) in [7, 11) is 0. The summed E-state index contributed by atoms with van der Waals surface area (Å²) in [5.41, 5.74) is 0.638. The van der Waals surface area contributed by atoms with Crippen LogP contribution in [0.25, 0.3) is 0 Å². The van der Waals surface area contributed by atoms with Crippen LogP contribution in [0.15, 0.2) is 0 Å². The summed E-state index contributed by atoms with van der Waals surface area (Å²) in [6.45, 7) is 6.49. The Kier molecular flexibility index (Phi) is 4.83. The van der Waals surface area contributed by atoms with Gasteiger partial charge in [-0.25, -0.2) is 0 Å². The molecule has 0 aromatic heterocycles. The predicted octanol–water partition coefficient (Wildman–Crippen LogP) is 3.79. The van der Waals surface area contributed by atoms with Crippen LogP contribution in [0.3, 0.4) is 0 Å². The summed E-state index contributed by atoms with van der Waals surface area (Å²) in [4.78, 5) is 14.1. The highest BCUT2D eigenvalue weighted by Gasteiger charge is 2.41. The second kappa shape index (κ2) is 6.18. The maximum Gasteiger partial charge on any atom is 0.131 e. The van der Waals surface area contributed by atoms with E-state index < -0.39 is 0 Å². The molecule has 0 aromatic carbocycles. The van der Waals surface area contributed by atoms with Gasteiger partial charge in [0.25, 0.3) is 0 Å². The number of nitrogens with zero attached hydrogens (tertiary/aromatic N) is 1. The Morgan fingerprint density at radius 2 is 2.00 bits per heavy atom. The molecule has 0 amide bonds. The number of rotatable bonds is 5. The highest BCUT2D eigenvalue weighted by molar-refractivity contribution is 5.76. The van der Waals surface area contributed by atoms with Gasteiger partial charge in [-0.15, -0.1) is 0 Å². The zero-order valence-electron chi connectivity index (χ0n) is 12.2. The number of likely N-dealkylation sites (tertiary alicyclic amines) is 1. The monoisotopic (exact) mass is 251 g/mol. The minimum atomic E-state index is 0.367. The molecule has 1 unspecified atom stereocenters. The third-order valence-electron chi connectivity index (χ3n) is 5.04. The lowest BCUT2D eigenvalue weighted by atomic mass is 9.66. The number of Topliss-reactive ketones (excluding diaryl/α,β-unsaturated/α-hetero) is 1. The average Bonchev–Trinajstić information content (AvgIpc) is 2.45. The van der Waals surface area contributed by atoms with Crippen molar-refractivity contribution in [3.8, 4) is 0 Å². The number of hydrogen-bond donors (Lipinski definition) is 0. The van der Waals surface area contributed by atoms with Gasteiger partial charge in [0.05, 0.1) is 0 Å². The summed E-state index contributed by atoms with van der Waals surface area (Å²) in [5, 5.41) is 0. The van der Waals surface area contributed by atoms with Gasteiger partial charge < -0.3 is 0 Å². The van der Waals surface area contributed by atoms with Crippen LogP contribution in [0, 0.1) is 5.41 Å². The number of unbranched alkanes of at least 4 members (excludes halogenated alkanes) is 1. The van der Waals surface area contributed by atoms with Gasteiger partial charge >= 0.3 is 0 Å². The van der Waals surface area contributed by atoms with E-state index in [0.717, 1.165) is 6.42 Å². The molecule has 2 heteroatoms. The fourth-order valence-electron chi connectivity index (χ4n) is 3.80. The van der Waals surface area contributed by atoms with E-state index in [-0.39, 0.29) is 0 Å². The van der Waals surface area contributed by atoms with Crippen LogP contribution in [0.1, 0.15) is 71.6 Å². The predicted molar refractivity (Wildman–Crippen MR) is 75.7 cm³/mol. The molecule has 1 atom stereocenters. The third kappa shape index (κ3) is 3.34. The summed E-state index contributed by atoms with van der Waals surface area (Å²) in [6.07, 6.45) is 11.6. The fraction of sp³-hybridized carbons (Fsp3) is 0.938. The maximum absolute atomic E-state index is 11.5. The second-order valence-electron chi connectivity index (χ2n) is 6.63. The Bertz CT molecular complexity index is 283. The Hall–Kier alpha value is -0.370. The van der Waals surface area contributed by atoms with E-state index in [1.165, 1.54) is 64.5 Å². The van der Waals surface area contributed by atoms with Gasteiger partial charge in [-0.1, -0.05) is 26.2 Å². The number of ketones is 1. The molecule has 1 heterocycles. The molecule has 2 rings (SSSR count). The largest absolute Gasteiger partial charge is 0.300 e. The second-order valence-corrected chi connectivity index (χ2v) is 6.63. The van der Waals surface area contributed by atoms with Gasteiger partial charge in [-0.2, -0.15) is 0 Å². The van der Waals surface area contributed by atoms with Crippen LogP contribution in [-0.2, 0) is 4.79 Å². The molecule has 0 N–H and O–H groups in total. The summed E-state index contributed by atoms with van der Waals surface area (Å²) >= 11 is 0. The molecule has 18 heavy (non-hydrogen) atoms. The highest BCUT2D eigenvalue weighted by Crippen LogP contribution is 2.47. The van der Waals surface area contributed by atoms with Crippen LogP contribution < -0.4 is 0 Å². The molecule has 1 spiro atoms. The van der Waals surface area contributed by atoms with E-state index in [2.05, 4.69) is 11.8 Å². The third-order valence-corrected chi connectivity index (χ3v) is 5.04. The topological polar surface area (TPSA) is 20.3 Å². The van der Waals surface area contributed by atoms with E-state index in [0.29, 0.717) is 17.2 Å². The van der Waals surface area contributed by atoms with Crippen molar-refractivity contribution in [3.05, 3.63) is 0 Å². The van der Waals surface area contributed by atoms with E-state index in [1.54, 1.807) is 6.92 Å². The van der Waals surface area contributed by atoms with Crippen molar-refractivity contribution in [2.45, 2.75) is 77.7 Å². The Labute approximate surface area is 112 Å².